The van der Waals surface area contributed by atoms with Crippen LogP contribution < -0.4 is 5.32 Å². The number of fused-ring (bicyclic) bond motifs is 2. The second-order valence-electron chi connectivity index (χ2n) is 7.94. The Morgan fingerprint density at radius 1 is 1.08 bits per heavy atom. The maximum atomic E-state index is 12.7. The molecule has 0 aliphatic carbocycles. The first-order chi connectivity index (χ1) is 11.7. The maximum absolute atomic E-state index is 12.7. The third kappa shape index (κ3) is 3.33. The predicted octanol–water partition coefficient (Wildman–Crippen LogP) is 2.82. The van der Waals surface area contributed by atoms with Crippen LogP contribution in [0.2, 0.25) is 0 Å². The molecule has 1 amide bonds. The Morgan fingerprint density at radius 2 is 1.64 bits per heavy atom. The molecule has 1 aromatic carbocycles. The van der Waals surface area contributed by atoms with E-state index in [1.165, 1.54) is 5.56 Å². The average molecular weight is 343 g/mol. The number of amides is 1. The van der Waals surface area contributed by atoms with Gasteiger partial charge >= 0.3 is 5.97 Å². The van der Waals surface area contributed by atoms with Crippen LogP contribution in [0.5, 0.6) is 0 Å². The van der Waals surface area contributed by atoms with Gasteiger partial charge in [0.1, 0.15) is 5.92 Å². The van der Waals surface area contributed by atoms with Crippen molar-refractivity contribution in [2.24, 2.45) is 11.8 Å². The molecule has 0 radical (unpaired) electrons. The van der Waals surface area contributed by atoms with Gasteiger partial charge in [-0.25, -0.2) is 0 Å². The van der Waals surface area contributed by atoms with Crippen LogP contribution in [0, 0.1) is 11.8 Å². The molecule has 2 aliphatic rings. The Balaban J connectivity index is 1.70. The molecule has 0 saturated carbocycles. The number of carbonyl (C=O) groups is 2. The molecule has 5 atom stereocenters. The summed E-state index contributed by atoms with van der Waals surface area (Å²) < 4.78 is 5.57. The molecule has 2 heterocycles. The Kier molecular flexibility index (Phi) is 4.45. The molecule has 3 rings (SSSR count). The smallest absolute Gasteiger partial charge is 0.310 e. The summed E-state index contributed by atoms with van der Waals surface area (Å²) in [4.78, 5) is 24.2. The third-order valence-corrected chi connectivity index (χ3v) is 5.12. The summed E-state index contributed by atoms with van der Waals surface area (Å²) in [6.45, 7) is 8.37. The largest absolute Gasteiger partial charge is 0.481 e. The normalized spacial score (nSPS) is 28.8. The minimum Gasteiger partial charge on any atom is -0.481 e. The monoisotopic (exact) mass is 343 g/mol. The van der Waals surface area contributed by atoms with Gasteiger partial charge in [0.15, 0.2) is 0 Å². The second-order valence-corrected chi connectivity index (χ2v) is 7.94. The van der Waals surface area contributed by atoms with Crippen LogP contribution in [0.3, 0.4) is 0 Å². The van der Waals surface area contributed by atoms with Crippen LogP contribution >= 0.6 is 0 Å². The quantitative estimate of drug-likeness (QED) is 0.824. The van der Waals surface area contributed by atoms with E-state index in [0.29, 0.717) is 0 Å². The van der Waals surface area contributed by atoms with Crippen LogP contribution in [0.4, 0.5) is 0 Å². The number of ether oxygens (including phenoxy) is 1. The fourth-order valence-corrected chi connectivity index (χ4v) is 3.58. The zero-order chi connectivity index (χ0) is 18.4. The SMILES string of the molecule is C[C@H](NC(=O)[C@H]1[C@@H](C(=O)O)[C@H]2C=C[C@@H]1O2)c1ccc(C(C)(C)C)cc1. The number of carboxylic acids is 1. The van der Waals surface area contributed by atoms with Crippen LogP contribution in [-0.2, 0) is 19.7 Å². The highest BCUT2D eigenvalue weighted by Crippen LogP contribution is 2.39. The van der Waals surface area contributed by atoms with Gasteiger partial charge in [-0.05, 0) is 23.5 Å². The van der Waals surface area contributed by atoms with Crippen molar-refractivity contribution in [3.8, 4) is 0 Å². The van der Waals surface area contributed by atoms with E-state index in [1.54, 1.807) is 12.2 Å². The van der Waals surface area contributed by atoms with E-state index in [0.717, 1.165) is 5.56 Å². The van der Waals surface area contributed by atoms with Gasteiger partial charge in [-0.1, -0.05) is 57.2 Å². The average Bonchev–Trinajstić information content (AvgIpc) is 3.14. The van der Waals surface area contributed by atoms with E-state index in [2.05, 4.69) is 38.2 Å². The lowest BCUT2D eigenvalue weighted by Crippen LogP contribution is -2.43. The zero-order valence-electron chi connectivity index (χ0n) is 15.0. The Labute approximate surface area is 148 Å². The van der Waals surface area contributed by atoms with Gasteiger partial charge in [0.25, 0.3) is 0 Å². The summed E-state index contributed by atoms with van der Waals surface area (Å²) >= 11 is 0. The van der Waals surface area contributed by atoms with E-state index < -0.39 is 30.0 Å². The first-order valence-electron chi connectivity index (χ1n) is 8.66. The number of rotatable bonds is 4. The van der Waals surface area contributed by atoms with E-state index in [-0.39, 0.29) is 17.4 Å². The fourth-order valence-electron chi connectivity index (χ4n) is 3.58. The lowest BCUT2D eigenvalue weighted by atomic mass is 9.82. The van der Waals surface area contributed by atoms with Crippen molar-refractivity contribution in [3.05, 3.63) is 47.5 Å². The molecular formula is C20H25NO4. The number of nitrogens with one attached hydrogen (secondary N) is 1. The summed E-state index contributed by atoms with van der Waals surface area (Å²) in [6.07, 6.45) is 2.58. The maximum Gasteiger partial charge on any atom is 0.310 e. The summed E-state index contributed by atoms with van der Waals surface area (Å²) in [6, 6.07) is 7.97. The zero-order valence-corrected chi connectivity index (χ0v) is 15.0. The minimum absolute atomic E-state index is 0.0759. The van der Waals surface area contributed by atoms with Crippen LogP contribution in [0.1, 0.15) is 44.9 Å². The fraction of sp³-hybridized carbons (Fsp3) is 0.500. The Hall–Kier alpha value is -2.14. The molecule has 5 nitrogen and oxygen atoms in total. The first kappa shape index (κ1) is 17.7. The molecule has 134 valence electrons. The van der Waals surface area contributed by atoms with Crippen molar-refractivity contribution >= 4 is 11.9 Å². The number of carbonyl (C=O) groups excluding carboxylic acids is 1. The van der Waals surface area contributed by atoms with Crippen LogP contribution in [-0.4, -0.2) is 29.2 Å². The standard InChI is InChI=1S/C20H25NO4/c1-11(12-5-7-13(8-6-12)20(2,3)4)21-18(22)16-14-9-10-15(25-14)17(16)19(23)24/h5-11,14-17H,1-4H3,(H,21,22)(H,23,24)/t11-,14-,15+,16+,17-/m0/s1. The Bertz CT molecular complexity index is 701. The molecule has 1 aromatic rings. The van der Waals surface area contributed by atoms with E-state index in [4.69, 9.17) is 4.74 Å². The molecule has 1 saturated heterocycles. The van der Waals surface area contributed by atoms with Crippen molar-refractivity contribution in [1.29, 1.82) is 0 Å². The molecule has 2 aliphatic heterocycles. The number of benzene rings is 1. The lowest BCUT2D eigenvalue weighted by Gasteiger charge is -2.24. The first-order valence-corrected chi connectivity index (χ1v) is 8.66. The van der Waals surface area contributed by atoms with Gasteiger partial charge in [-0.2, -0.15) is 0 Å². The highest BCUT2D eigenvalue weighted by Gasteiger charge is 2.53. The van der Waals surface area contributed by atoms with Crippen molar-refractivity contribution < 1.29 is 19.4 Å². The van der Waals surface area contributed by atoms with Crippen molar-refractivity contribution in [3.63, 3.8) is 0 Å². The molecule has 25 heavy (non-hydrogen) atoms. The predicted molar refractivity (Wildman–Crippen MR) is 94.1 cm³/mol. The number of carboxylic acid groups (broad SMARTS) is 1. The number of hydrogen-bond donors (Lipinski definition) is 2. The van der Waals surface area contributed by atoms with Gasteiger partial charge < -0.3 is 15.2 Å². The molecule has 0 unspecified atom stereocenters. The minimum atomic E-state index is -0.987. The van der Waals surface area contributed by atoms with Gasteiger partial charge in [0.05, 0.1) is 24.2 Å². The van der Waals surface area contributed by atoms with Crippen molar-refractivity contribution in [1.82, 2.24) is 5.32 Å². The molecule has 2 bridgehead atoms. The number of hydrogen-bond acceptors (Lipinski definition) is 3. The van der Waals surface area contributed by atoms with Gasteiger partial charge in [-0.15, -0.1) is 0 Å². The summed E-state index contributed by atoms with van der Waals surface area (Å²) in [5.41, 5.74) is 2.30. The summed E-state index contributed by atoms with van der Waals surface area (Å²) in [7, 11) is 0. The summed E-state index contributed by atoms with van der Waals surface area (Å²) in [5, 5.41) is 12.4. The molecule has 0 spiro atoms. The van der Waals surface area contributed by atoms with Gasteiger partial charge in [0.2, 0.25) is 5.91 Å². The van der Waals surface area contributed by atoms with E-state index in [9.17, 15) is 14.7 Å². The van der Waals surface area contributed by atoms with Gasteiger partial charge in [-0.3, -0.25) is 9.59 Å². The highest BCUT2D eigenvalue weighted by molar-refractivity contribution is 5.87. The second kappa shape index (κ2) is 6.30. The summed E-state index contributed by atoms with van der Waals surface area (Å²) in [5.74, 6) is -2.75. The number of aliphatic carboxylic acids is 1. The van der Waals surface area contributed by atoms with Crippen LogP contribution in [0.25, 0.3) is 0 Å². The molecule has 1 fully saturated rings. The molecular weight excluding hydrogens is 318 g/mol. The third-order valence-electron chi connectivity index (χ3n) is 5.12. The van der Waals surface area contributed by atoms with Crippen LogP contribution in [0.15, 0.2) is 36.4 Å². The lowest BCUT2D eigenvalue weighted by molar-refractivity contribution is -0.146. The van der Waals surface area contributed by atoms with Crippen molar-refractivity contribution in [2.45, 2.75) is 51.4 Å². The van der Waals surface area contributed by atoms with E-state index in [1.807, 2.05) is 19.1 Å². The topological polar surface area (TPSA) is 75.6 Å². The molecule has 5 heteroatoms. The van der Waals surface area contributed by atoms with Crippen molar-refractivity contribution in [2.75, 3.05) is 0 Å². The molecule has 2 N–H and O–H groups in total. The van der Waals surface area contributed by atoms with E-state index >= 15 is 0 Å². The highest BCUT2D eigenvalue weighted by atomic mass is 16.5. The Morgan fingerprint density at radius 3 is 2.16 bits per heavy atom. The molecule has 0 aromatic heterocycles. The van der Waals surface area contributed by atoms with Gasteiger partial charge in [0, 0.05) is 0 Å².